The summed E-state index contributed by atoms with van der Waals surface area (Å²) in [5.74, 6) is 0.688. The van der Waals surface area contributed by atoms with E-state index in [-0.39, 0.29) is 0 Å². The maximum atomic E-state index is 5.57. The molecule has 0 aliphatic rings. The number of hydrogen-bond acceptors (Lipinski definition) is 2. The molecular formula is C17H23NO. The number of hydrogen-bond donors (Lipinski definition) is 1. The topological polar surface area (TPSA) is 25.2 Å². The third-order valence-corrected chi connectivity index (χ3v) is 3.23. The number of furan rings is 1. The molecule has 1 aromatic heterocycles. The highest BCUT2D eigenvalue weighted by atomic mass is 16.3. The van der Waals surface area contributed by atoms with Crippen molar-refractivity contribution in [3.05, 3.63) is 41.7 Å². The molecule has 0 saturated heterocycles. The second-order valence-electron chi connectivity index (χ2n) is 5.37. The fraction of sp³-hybridized carbons (Fsp3) is 0.412. The van der Waals surface area contributed by atoms with E-state index in [9.17, 15) is 0 Å². The van der Waals surface area contributed by atoms with Crippen LogP contribution in [0.25, 0.3) is 17.0 Å². The lowest BCUT2D eigenvalue weighted by molar-refractivity contribution is 0.569. The van der Waals surface area contributed by atoms with Gasteiger partial charge in [0, 0.05) is 17.5 Å². The van der Waals surface area contributed by atoms with Gasteiger partial charge in [0.05, 0.1) is 6.26 Å². The third kappa shape index (κ3) is 3.71. The number of benzene rings is 1. The molecule has 0 atom stereocenters. The average Bonchev–Trinajstić information content (AvgIpc) is 2.80. The Morgan fingerprint density at radius 3 is 2.84 bits per heavy atom. The molecule has 19 heavy (non-hydrogen) atoms. The molecule has 0 amide bonds. The quantitative estimate of drug-likeness (QED) is 0.825. The van der Waals surface area contributed by atoms with Gasteiger partial charge in [-0.05, 0) is 24.9 Å². The fourth-order valence-electron chi connectivity index (χ4n) is 2.13. The van der Waals surface area contributed by atoms with E-state index in [0.717, 1.165) is 25.1 Å². The molecular weight excluding hydrogens is 234 g/mol. The Kier molecular flexibility index (Phi) is 4.80. The van der Waals surface area contributed by atoms with Crippen molar-refractivity contribution in [2.45, 2.75) is 27.2 Å². The molecule has 0 fully saturated rings. The predicted octanol–water partition coefficient (Wildman–Crippen LogP) is 4.47. The highest BCUT2D eigenvalue weighted by Gasteiger charge is 2.04. The summed E-state index contributed by atoms with van der Waals surface area (Å²) in [6.07, 6.45) is 5.16. The van der Waals surface area contributed by atoms with Crippen LogP contribution in [0.3, 0.4) is 0 Å². The number of rotatable bonds is 6. The monoisotopic (exact) mass is 257 g/mol. The van der Waals surface area contributed by atoms with E-state index in [2.05, 4.69) is 44.3 Å². The molecule has 0 saturated carbocycles. The highest BCUT2D eigenvalue weighted by molar-refractivity contribution is 5.87. The van der Waals surface area contributed by atoms with E-state index >= 15 is 0 Å². The van der Waals surface area contributed by atoms with Crippen LogP contribution in [0.2, 0.25) is 0 Å². The molecule has 2 heteroatoms. The molecule has 0 bridgehead atoms. The minimum atomic E-state index is 0.688. The molecule has 2 rings (SSSR count). The van der Waals surface area contributed by atoms with Crippen LogP contribution in [-0.4, -0.2) is 13.1 Å². The predicted molar refractivity (Wildman–Crippen MR) is 82.2 cm³/mol. The maximum absolute atomic E-state index is 5.57. The normalized spacial score (nSPS) is 12.5. The summed E-state index contributed by atoms with van der Waals surface area (Å²) >= 11 is 0. The van der Waals surface area contributed by atoms with Crippen LogP contribution >= 0.6 is 0 Å². The number of nitrogens with one attached hydrogen (secondary N) is 1. The first-order chi connectivity index (χ1) is 9.20. The molecule has 1 aromatic carbocycles. The Balaban J connectivity index is 2.13. The minimum Gasteiger partial charge on any atom is -0.464 e. The van der Waals surface area contributed by atoms with Crippen LogP contribution in [-0.2, 0) is 0 Å². The molecule has 1 heterocycles. The lowest BCUT2D eigenvalue weighted by atomic mass is 10.1. The maximum Gasteiger partial charge on any atom is 0.134 e. The van der Waals surface area contributed by atoms with Crippen molar-refractivity contribution in [1.82, 2.24) is 5.32 Å². The Morgan fingerprint density at radius 1 is 1.32 bits per heavy atom. The molecule has 2 nitrogen and oxygen atoms in total. The first kappa shape index (κ1) is 13.9. The summed E-state index contributed by atoms with van der Waals surface area (Å²) in [6, 6.07) is 8.18. The zero-order valence-corrected chi connectivity index (χ0v) is 12.1. The Labute approximate surface area is 115 Å². The van der Waals surface area contributed by atoms with Crippen molar-refractivity contribution in [2.75, 3.05) is 13.1 Å². The van der Waals surface area contributed by atoms with E-state index in [0.29, 0.717) is 5.92 Å². The molecule has 1 N–H and O–H groups in total. The number of fused-ring (bicyclic) bond motifs is 1. The van der Waals surface area contributed by atoms with E-state index < -0.39 is 0 Å². The van der Waals surface area contributed by atoms with Gasteiger partial charge >= 0.3 is 0 Å². The van der Waals surface area contributed by atoms with Crippen molar-refractivity contribution < 1.29 is 4.42 Å². The minimum absolute atomic E-state index is 0.688. The molecule has 0 aliphatic heterocycles. The van der Waals surface area contributed by atoms with Gasteiger partial charge in [-0.3, -0.25) is 0 Å². The van der Waals surface area contributed by atoms with Crippen LogP contribution in [0, 0.1) is 5.92 Å². The molecule has 0 radical (unpaired) electrons. The standard InChI is InChI=1S/C17H23NO/c1-4-14(11-18-10-13(2)3)9-15-12-19-17-8-6-5-7-16(15)17/h5-9,12-13,18H,4,10-11H2,1-3H3/b14-9-. The van der Waals surface area contributed by atoms with Gasteiger partial charge in [0.15, 0.2) is 0 Å². The van der Waals surface area contributed by atoms with Crippen molar-refractivity contribution >= 4 is 17.0 Å². The highest BCUT2D eigenvalue weighted by Crippen LogP contribution is 2.23. The molecule has 102 valence electrons. The second-order valence-corrected chi connectivity index (χ2v) is 5.37. The van der Waals surface area contributed by atoms with E-state index in [1.165, 1.54) is 16.5 Å². The molecule has 0 aliphatic carbocycles. The van der Waals surface area contributed by atoms with Crippen molar-refractivity contribution in [2.24, 2.45) is 5.92 Å². The van der Waals surface area contributed by atoms with Gasteiger partial charge < -0.3 is 9.73 Å². The van der Waals surface area contributed by atoms with Gasteiger partial charge in [0.25, 0.3) is 0 Å². The molecule has 0 unspecified atom stereocenters. The van der Waals surface area contributed by atoms with Crippen molar-refractivity contribution in [1.29, 1.82) is 0 Å². The zero-order chi connectivity index (χ0) is 13.7. The van der Waals surface area contributed by atoms with E-state index in [1.54, 1.807) is 0 Å². The van der Waals surface area contributed by atoms with E-state index in [4.69, 9.17) is 4.42 Å². The van der Waals surface area contributed by atoms with E-state index in [1.807, 2.05) is 18.4 Å². The summed E-state index contributed by atoms with van der Waals surface area (Å²) in [6.45, 7) is 8.67. The Morgan fingerprint density at radius 2 is 2.11 bits per heavy atom. The van der Waals surface area contributed by atoms with Gasteiger partial charge in [-0.1, -0.05) is 50.6 Å². The van der Waals surface area contributed by atoms with Crippen LogP contribution in [0.5, 0.6) is 0 Å². The fourth-order valence-corrected chi connectivity index (χ4v) is 2.13. The molecule has 0 spiro atoms. The van der Waals surface area contributed by atoms with Crippen molar-refractivity contribution in [3.63, 3.8) is 0 Å². The lowest BCUT2D eigenvalue weighted by Crippen LogP contribution is -2.21. The lowest BCUT2D eigenvalue weighted by Gasteiger charge is -2.09. The first-order valence-electron chi connectivity index (χ1n) is 7.07. The zero-order valence-electron chi connectivity index (χ0n) is 12.1. The Hall–Kier alpha value is -1.54. The van der Waals surface area contributed by atoms with Crippen LogP contribution in [0.4, 0.5) is 0 Å². The van der Waals surface area contributed by atoms with Gasteiger partial charge in [-0.25, -0.2) is 0 Å². The van der Waals surface area contributed by atoms with Crippen LogP contribution in [0.1, 0.15) is 32.8 Å². The third-order valence-electron chi connectivity index (χ3n) is 3.23. The Bertz CT molecular complexity index is 551. The summed E-state index contributed by atoms with van der Waals surface area (Å²) in [5, 5.41) is 4.69. The largest absolute Gasteiger partial charge is 0.464 e. The second kappa shape index (κ2) is 6.58. The van der Waals surface area contributed by atoms with Crippen LogP contribution < -0.4 is 5.32 Å². The number of para-hydroxylation sites is 1. The van der Waals surface area contributed by atoms with Gasteiger partial charge in [-0.2, -0.15) is 0 Å². The SMILES string of the molecule is CC/C(=C/c1coc2ccccc12)CNCC(C)C. The average molecular weight is 257 g/mol. The summed E-state index contributed by atoms with van der Waals surface area (Å²) in [5.41, 5.74) is 3.55. The first-order valence-corrected chi connectivity index (χ1v) is 7.07. The summed E-state index contributed by atoms with van der Waals surface area (Å²) in [7, 11) is 0. The van der Waals surface area contributed by atoms with Gasteiger partial charge in [0.1, 0.15) is 5.58 Å². The summed E-state index contributed by atoms with van der Waals surface area (Å²) in [4.78, 5) is 0. The van der Waals surface area contributed by atoms with Gasteiger partial charge in [0.2, 0.25) is 0 Å². The molecule has 2 aromatic rings. The summed E-state index contributed by atoms with van der Waals surface area (Å²) < 4.78 is 5.57. The van der Waals surface area contributed by atoms with Crippen molar-refractivity contribution in [3.8, 4) is 0 Å². The van der Waals surface area contributed by atoms with Crippen LogP contribution in [0.15, 0.2) is 40.5 Å². The van der Waals surface area contributed by atoms with Gasteiger partial charge in [-0.15, -0.1) is 0 Å². The smallest absolute Gasteiger partial charge is 0.134 e.